The summed E-state index contributed by atoms with van der Waals surface area (Å²) in [6.07, 6.45) is 1.07. The number of carboxylic acid groups (broad SMARTS) is 1. The van der Waals surface area contributed by atoms with E-state index in [0.29, 0.717) is 28.6 Å². The number of benzene rings is 1. The van der Waals surface area contributed by atoms with E-state index < -0.39 is 17.9 Å². The van der Waals surface area contributed by atoms with Crippen LogP contribution in [0.25, 0.3) is 0 Å². The largest absolute Gasteiger partial charge is 0.497 e. The van der Waals surface area contributed by atoms with Gasteiger partial charge in [0.05, 0.1) is 12.7 Å². The van der Waals surface area contributed by atoms with Crippen molar-refractivity contribution in [2.24, 2.45) is 0 Å². The molecule has 6 heteroatoms. The molecule has 0 saturated carbocycles. The van der Waals surface area contributed by atoms with Gasteiger partial charge in [-0.25, -0.2) is 4.79 Å². The van der Waals surface area contributed by atoms with Crippen LogP contribution < -0.4 is 10.1 Å². The number of rotatable bonds is 6. The number of methoxy groups -OCH3 is 1. The van der Waals surface area contributed by atoms with Crippen molar-refractivity contribution >= 4 is 27.8 Å². The highest BCUT2D eigenvalue weighted by Gasteiger charge is 2.21. The Bertz CT molecular complexity index is 476. The normalized spacial score (nSPS) is 11.7. The summed E-state index contributed by atoms with van der Waals surface area (Å²) in [5, 5.41) is 11.5. The molecular weight excluding hydrogens is 314 g/mol. The molecule has 0 fully saturated rings. The number of carbonyl (C=O) groups excluding carboxylic acids is 1. The van der Waals surface area contributed by atoms with Gasteiger partial charge >= 0.3 is 5.97 Å². The Balaban J connectivity index is 2.90. The van der Waals surface area contributed by atoms with Crippen molar-refractivity contribution in [2.75, 3.05) is 7.11 Å². The molecule has 0 aliphatic carbocycles. The first-order chi connectivity index (χ1) is 8.99. The molecule has 0 aromatic heterocycles. The van der Waals surface area contributed by atoms with Crippen LogP contribution in [-0.4, -0.2) is 30.1 Å². The standard InChI is InChI=1S/C13H16BrNO4/c1-3-4-11(13(17)18)15-12(16)9-7-8(19-2)5-6-10(9)14/h5-7,11H,3-4H2,1-2H3,(H,15,16)(H,17,18). The number of hydrogen-bond donors (Lipinski definition) is 2. The number of aliphatic carboxylic acids is 1. The zero-order valence-electron chi connectivity index (χ0n) is 10.8. The predicted octanol–water partition coefficient (Wildman–Crippen LogP) is 2.44. The van der Waals surface area contributed by atoms with Crippen LogP contribution in [0.15, 0.2) is 22.7 Å². The summed E-state index contributed by atoms with van der Waals surface area (Å²) in [6.45, 7) is 1.86. The number of ether oxygens (including phenoxy) is 1. The maximum atomic E-state index is 12.1. The summed E-state index contributed by atoms with van der Waals surface area (Å²) >= 11 is 3.26. The first-order valence-corrected chi connectivity index (χ1v) is 6.66. The molecule has 1 amide bonds. The van der Waals surface area contributed by atoms with E-state index in [-0.39, 0.29) is 0 Å². The van der Waals surface area contributed by atoms with Crippen molar-refractivity contribution in [1.82, 2.24) is 5.32 Å². The molecule has 1 unspecified atom stereocenters. The van der Waals surface area contributed by atoms with E-state index in [1.807, 2.05) is 6.92 Å². The predicted molar refractivity (Wildman–Crippen MR) is 74.5 cm³/mol. The van der Waals surface area contributed by atoms with Gasteiger partial charge in [-0.15, -0.1) is 0 Å². The molecule has 0 radical (unpaired) electrons. The highest BCUT2D eigenvalue weighted by atomic mass is 79.9. The molecule has 1 aromatic rings. The lowest BCUT2D eigenvalue weighted by atomic mass is 10.1. The fourth-order valence-electron chi connectivity index (χ4n) is 1.59. The maximum Gasteiger partial charge on any atom is 0.326 e. The molecular formula is C13H16BrNO4. The minimum Gasteiger partial charge on any atom is -0.497 e. The highest BCUT2D eigenvalue weighted by molar-refractivity contribution is 9.10. The molecule has 1 aromatic carbocycles. The van der Waals surface area contributed by atoms with Crippen molar-refractivity contribution < 1.29 is 19.4 Å². The number of carbonyl (C=O) groups is 2. The van der Waals surface area contributed by atoms with Gasteiger partial charge in [-0.05, 0) is 40.5 Å². The van der Waals surface area contributed by atoms with E-state index in [2.05, 4.69) is 21.2 Å². The Morgan fingerprint density at radius 1 is 1.47 bits per heavy atom. The van der Waals surface area contributed by atoms with Gasteiger partial charge in [0.25, 0.3) is 5.91 Å². The van der Waals surface area contributed by atoms with E-state index in [0.717, 1.165) is 0 Å². The van der Waals surface area contributed by atoms with Gasteiger partial charge in [0.2, 0.25) is 0 Å². The Morgan fingerprint density at radius 2 is 2.16 bits per heavy atom. The number of hydrogen-bond acceptors (Lipinski definition) is 3. The van der Waals surface area contributed by atoms with Gasteiger partial charge in [-0.3, -0.25) is 4.79 Å². The molecule has 0 heterocycles. The average Bonchev–Trinajstić information content (AvgIpc) is 2.38. The summed E-state index contributed by atoms with van der Waals surface area (Å²) in [4.78, 5) is 23.1. The van der Waals surface area contributed by atoms with Crippen molar-refractivity contribution in [3.05, 3.63) is 28.2 Å². The molecule has 1 rings (SSSR count). The molecule has 0 aliphatic rings. The third-order valence-corrected chi connectivity index (χ3v) is 3.29. The van der Waals surface area contributed by atoms with E-state index >= 15 is 0 Å². The summed E-state index contributed by atoms with van der Waals surface area (Å²) in [7, 11) is 1.50. The van der Waals surface area contributed by atoms with Crippen LogP contribution in [0.5, 0.6) is 5.75 Å². The van der Waals surface area contributed by atoms with Gasteiger partial charge in [0.1, 0.15) is 11.8 Å². The summed E-state index contributed by atoms with van der Waals surface area (Å²) in [5.41, 5.74) is 0.349. The van der Waals surface area contributed by atoms with Crippen molar-refractivity contribution in [2.45, 2.75) is 25.8 Å². The Morgan fingerprint density at radius 3 is 2.68 bits per heavy atom. The summed E-state index contributed by atoms with van der Waals surface area (Å²) < 4.78 is 5.63. The summed E-state index contributed by atoms with van der Waals surface area (Å²) in [5.74, 6) is -0.934. The smallest absolute Gasteiger partial charge is 0.326 e. The van der Waals surface area contributed by atoms with Crippen LogP contribution in [0, 0.1) is 0 Å². The third kappa shape index (κ3) is 4.24. The minimum absolute atomic E-state index is 0.349. The van der Waals surface area contributed by atoms with Gasteiger partial charge in [-0.1, -0.05) is 13.3 Å². The number of amides is 1. The fraction of sp³-hybridized carbons (Fsp3) is 0.385. The second kappa shape index (κ2) is 7.13. The van der Waals surface area contributed by atoms with Crippen LogP contribution in [0.4, 0.5) is 0 Å². The summed E-state index contributed by atoms with van der Waals surface area (Å²) in [6, 6.07) is 4.07. The Hall–Kier alpha value is -1.56. The lowest BCUT2D eigenvalue weighted by Gasteiger charge is -2.14. The number of halogens is 1. The number of nitrogens with one attached hydrogen (secondary N) is 1. The highest BCUT2D eigenvalue weighted by Crippen LogP contribution is 2.22. The van der Waals surface area contributed by atoms with Crippen LogP contribution >= 0.6 is 15.9 Å². The molecule has 2 N–H and O–H groups in total. The zero-order chi connectivity index (χ0) is 14.4. The van der Waals surface area contributed by atoms with Crippen LogP contribution in [0.3, 0.4) is 0 Å². The molecule has 1 atom stereocenters. The molecule has 19 heavy (non-hydrogen) atoms. The molecule has 0 bridgehead atoms. The van der Waals surface area contributed by atoms with Gasteiger partial charge in [0, 0.05) is 4.47 Å². The lowest BCUT2D eigenvalue weighted by molar-refractivity contribution is -0.139. The van der Waals surface area contributed by atoms with E-state index in [1.165, 1.54) is 7.11 Å². The van der Waals surface area contributed by atoms with Gasteiger partial charge in [-0.2, -0.15) is 0 Å². The van der Waals surface area contributed by atoms with Crippen molar-refractivity contribution in [1.29, 1.82) is 0 Å². The molecule has 0 aliphatic heterocycles. The van der Waals surface area contributed by atoms with E-state index in [9.17, 15) is 9.59 Å². The Kier molecular flexibility index (Phi) is 5.82. The van der Waals surface area contributed by atoms with Crippen LogP contribution in [-0.2, 0) is 4.79 Å². The second-order valence-corrected chi connectivity index (χ2v) is 4.85. The van der Waals surface area contributed by atoms with Crippen molar-refractivity contribution in [3.63, 3.8) is 0 Å². The van der Waals surface area contributed by atoms with Gasteiger partial charge < -0.3 is 15.2 Å². The monoisotopic (exact) mass is 329 g/mol. The topological polar surface area (TPSA) is 75.6 Å². The third-order valence-electron chi connectivity index (χ3n) is 2.60. The molecule has 0 saturated heterocycles. The maximum absolute atomic E-state index is 12.1. The van der Waals surface area contributed by atoms with Crippen LogP contribution in [0.1, 0.15) is 30.1 Å². The van der Waals surface area contributed by atoms with Crippen molar-refractivity contribution in [3.8, 4) is 5.75 Å². The fourth-order valence-corrected chi connectivity index (χ4v) is 2.01. The number of carboxylic acids is 1. The first kappa shape index (κ1) is 15.5. The SMILES string of the molecule is CCCC(NC(=O)c1cc(OC)ccc1Br)C(=O)O. The van der Waals surface area contributed by atoms with Crippen LogP contribution in [0.2, 0.25) is 0 Å². The van der Waals surface area contributed by atoms with Gasteiger partial charge in [0.15, 0.2) is 0 Å². The van der Waals surface area contributed by atoms with E-state index in [1.54, 1.807) is 18.2 Å². The average molecular weight is 330 g/mol. The van der Waals surface area contributed by atoms with E-state index in [4.69, 9.17) is 9.84 Å². The molecule has 5 nitrogen and oxygen atoms in total. The lowest BCUT2D eigenvalue weighted by Crippen LogP contribution is -2.40. The quantitative estimate of drug-likeness (QED) is 0.840. The molecule has 0 spiro atoms. The Labute approximate surface area is 120 Å². The zero-order valence-corrected chi connectivity index (χ0v) is 12.4. The second-order valence-electron chi connectivity index (χ2n) is 4.00. The molecule has 104 valence electrons. The minimum atomic E-state index is -1.03. The first-order valence-electron chi connectivity index (χ1n) is 5.86.